The van der Waals surface area contributed by atoms with Gasteiger partial charge in [-0.25, -0.2) is 0 Å². The highest BCUT2D eigenvalue weighted by Gasteiger charge is 2.20. The number of anilines is 1. The van der Waals surface area contributed by atoms with Gasteiger partial charge in [0, 0.05) is 25.0 Å². The Bertz CT molecular complexity index is 653. The second-order valence-corrected chi connectivity index (χ2v) is 6.82. The van der Waals surface area contributed by atoms with Crippen LogP contribution in [0.25, 0.3) is 0 Å². The molecular formula is C17H22BrClN4O. The average Bonchev–Trinajstić information content (AvgIpc) is 3.00. The van der Waals surface area contributed by atoms with Crippen LogP contribution in [-0.4, -0.2) is 28.8 Å². The van der Waals surface area contributed by atoms with Crippen LogP contribution in [0.3, 0.4) is 0 Å². The number of piperidine rings is 1. The van der Waals surface area contributed by atoms with Gasteiger partial charge >= 0.3 is 0 Å². The van der Waals surface area contributed by atoms with Crippen LogP contribution in [0.15, 0.2) is 41.1 Å². The van der Waals surface area contributed by atoms with Gasteiger partial charge < -0.3 is 10.6 Å². The summed E-state index contributed by atoms with van der Waals surface area (Å²) in [5.74, 6) is 0.202. The van der Waals surface area contributed by atoms with Gasteiger partial charge in [-0.3, -0.25) is 9.48 Å². The van der Waals surface area contributed by atoms with E-state index in [0.29, 0.717) is 0 Å². The zero-order chi connectivity index (χ0) is 16.1. The van der Waals surface area contributed by atoms with Gasteiger partial charge in [0.1, 0.15) is 0 Å². The molecule has 1 amide bonds. The average molecular weight is 414 g/mol. The molecule has 1 atom stereocenters. The fourth-order valence-electron chi connectivity index (χ4n) is 2.78. The number of aryl methyl sites for hydroxylation is 2. The summed E-state index contributed by atoms with van der Waals surface area (Å²) in [6.07, 6.45) is 6.71. The minimum Gasteiger partial charge on any atom is -0.326 e. The molecule has 2 aromatic rings. The molecule has 1 unspecified atom stereocenters. The van der Waals surface area contributed by atoms with E-state index in [-0.39, 0.29) is 24.2 Å². The van der Waals surface area contributed by atoms with E-state index in [1.807, 2.05) is 23.0 Å². The first-order valence-corrected chi connectivity index (χ1v) is 8.78. The highest BCUT2D eigenvalue weighted by Crippen LogP contribution is 2.15. The topological polar surface area (TPSA) is 59.0 Å². The Hall–Kier alpha value is -1.37. The number of aromatic nitrogens is 2. The summed E-state index contributed by atoms with van der Waals surface area (Å²) < 4.78 is 2.91. The number of carbonyl (C=O) groups is 1. The fourth-order valence-corrected chi connectivity index (χ4v) is 3.11. The molecule has 5 nitrogen and oxygen atoms in total. The largest absolute Gasteiger partial charge is 0.326 e. The first-order chi connectivity index (χ1) is 11.2. The van der Waals surface area contributed by atoms with Crippen molar-refractivity contribution in [1.29, 1.82) is 0 Å². The van der Waals surface area contributed by atoms with Crippen molar-refractivity contribution in [3.63, 3.8) is 0 Å². The van der Waals surface area contributed by atoms with Crippen LogP contribution in [0.5, 0.6) is 0 Å². The summed E-state index contributed by atoms with van der Waals surface area (Å²) in [4.78, 5) is 12.2. The Morgan fingerprint density at radius 2 is 2.17 bits per heavy atom. The third kappa shape index (κ3) is 5.33. The number of nitrogens with zero attached hydrogens (tertiary/aromatic N) is 2. The van der Waals surface area contributed by atoms with Gasteiger partial charge in [-0.05, 0) is 59.4 Å². The number of halogens is 2. The van der Waals surface area contributed by atoms with E-state index >= 15 is 0 Å². The standard InChI is InChI=1S/C17H21BrN4O.ClH/c18-15-11-20-22(12-15)9-7-13-3-5-16(6-4-13)21-17(23)14-2-1-8-19-10-14;/h3-6,11-12,14,19H,1-2,7-10H2,(H,21,23);1H. The third-order valence-corrected chi connectivity index (χ3v) is 4.53. The predicted molar refractivity (Wildman–Crippen MR) is 102 cm³/mol. The van der Waals surface area contributed by atoms with E-state index in [4.69, 9.17) is 0 Å². The van der Waals surface area contributed by atoms with Gasteiger partial charge in [0.05, 0.1) is 16.6 Å². The van der Waals surface area contributed by atoms with Crippen LogP contribution in [0.1, 0.15) is 18.4 Å². The van der Waals surface area contributed by atoms with Crippen LogP contribution in [-0.2, 0) is 17.8 Å². The van der Waals surface area contributed by atoms with Crippen molar-refractivity contribution in [2.24, 2.45) is 5.92 Å². The summed E-state index contributed by atoms with van der Waals surface area (Å²) in [5, 5.41) is 10.5. The number of hydrogen-bond donors (Lipinski definition) is 2. The minimum atomic E-state index is 0. The molecule has 0 bridgehead atoms. The number of benzene rings is 1. The van der Waals surface area contributed by atoms with Crippen molar-refractivity contribution in [2.75, 3.05) is 18.4 Å². The van der Waals surface area contributed by atoms with Crippen molar-refractivity contribution in [1.82, 2.24) is 15.1 Å². The second kappa shape index (κ2) is 9.20. The SMILES string of the molecule is Cl.O=C(Nc1ccc(CCn2cc(Br)cn2)cc1)C1CCCNC1. The number of amides is 1. The molecule has 1 fully saturated rings. The maximum atomic E-state index is 12.2. The van der Waals surface area contributed by atoms with E-state index < -0.39 is 0 Å². The fraction of sp³-hybridized carbons (Fsp3) is 0.412. The van der Waals surface area contributed by atoms with Gasteiger partial charge in [0.15, 0.2) is 0 Å². The monoisotopic (exact) mass is 412 g/mol. The molecule has 1 aromatic heterocycles. The zero-order valence-corrected chi connectivity index (χ0v) is 15.8. The molecule has 2 heterocycles. The molecular weight excluding hydrogens is 392 g/mol. The Morgan fingerprint density at radius 3 is 2.79 bits per heavy atom. The van der Waals surface area contributed by atoms with Crippen molar-refractivity contribution in [3.8, 4) is 0 Å². The molecule has 0 saturated carbocycles. The predicted octanol–water partition coefficient (Wildman–Crippen LogP) is 3.25. The van der Waals surface area contributed by atoms with Crippen LogP contribution in [0.4, 0.5) is 5.69 Å². The first-order valence-electron chi connectivity index (χ1n) is 7.99. The van der Waals surface area contributed by atoms with E-state index in [2.05, 4.69) is 43.8 Å². The van der Waals surface area contributed by atoms with E-state index in [0.717, 1.165) is 49.1 Å². The van der Waals surface area contributed by atoms with Crippen LogP contribution >= 0.6 is 28.3 Å². The van der Waals surface area contributed by atoms with E-state index in [9.17, 15) is 4.79 Å². The van der Waals surface area contributed by atoms with Crippen molar-refractivity contribution in [2.45, 2.75) is 25.8 Å². The lowest BCUT2D eigenvalue weighted by Gasteiger charge is -2.21. The molecule has 1 aliphatic rings. The summed E-state index contributed by atoms with van der Waals surface area (Å²) >= 11 is 3.40. The third-order valence-electron chi connectivity index (χ3n) is 4.12. The van der Waals surface area contributed by atoms with Gasteiger partial charge in [0.25, 0.3) is 0 Å². The van der Waals surface area contributed by atoms with Crippen LogP contribution in [0, 0.1) is 5.92 Å². The highest BCUT2D eigenvalue weighted by molar-refractivity contribution is 9.10. The molecule has 1 aromatic carbocycles. The molecule has 24 heavy (non-hydrogen) atoms. The maximum Gasteiger partial charge on any atom is 0.228 e. The minimum absolute atomic E-state index is 0. The zero-order valence-electron chi connectivity index (χ0n) is 13.4. The molecule has 0 radical (unpaired) electrons. The summed E-state index contributed by atoms with van der Waals surface area (Å²) in [5.41, 5.74) is 2.10. The van der Waals surface area contributed by atoms with Crippen molar-refractivity contribution in [3.05, 3.63) is 46.7 Å². The first kappa shape index (κ1) is 19.0. The van der Waals surface area contributed by atoms with Crippen molar-refractivity contribution >= 4 is 39.9 Å². The number of hydrogen-bond acceptors (Lipinski definition) is 3. The molecule has 7 heteroatoms. The summed E-state index contributed by atoms with van der Waals surface area (Å²) in [7, 11) is 0. The van der Waals surface area contributed by atoms with Gasteiger partial charge in [-0.1, -0.05) is 12.1 Å². The summed E-state index contributed by atoms with van der Waals surface area (Å²) in [6.45, 7) is 2.64. The number of carbonyl (C=O) groups excluding carboxylic acids is 1. The quantitative estimate of drug-likeness (QED) is 0.791. The Morgan fingerprint density at radius 1 is 1.38 bits per heavy atom. The van der Waals surface area contributed by atoms with E-state index in [1.165, 1.54) is 5.56 Å². The lowest BCUT2D eigenvalue weighted by molar-refractivity contribution is -0.120. The van der Waals surface area contributed by atoms with E-state index in [1.54, 1.807) is 6.20 Å². The van der Waals surface area contributed by atoms with Gasteiger partial charge in [-0.2, -0.15) is 5.10 Å². The Kier molecular flexibility index (Phi) is 7.27. The number of rotatable bonds is 5. The Balaban J connectivity index is 0.00000208. The van der Waals surface area contributed by atoms with Crippen LogP contribution in [0.2, 0.25) is 0 Å². The highest BCUT2D eigenvalue weighted by atomic mass is 79.9. The molecule has 2 N–H and O–H groups in total. The second-order valence-electron chi connectivity index (χ2n) is 5.90. The molecule has 1 saturated heterocycles. The smallest absolute Gasteiger partial charge is 0.228 e. The number of nitrogens with one attached hydrogen (secondary N) is 2. The maximum absolute atomic E-state index is 12.2. The lowest BCUT2D eigenvalue weighted by atomic mass is 9.99. The summed E-state index contributed by atoms with van der Waals surface area (Å²) in [6, 6.07) is 8.07. The lowest BCUT2D eigenvalue weighted by Crippen LogP contribution is -2.37. The molecule has 3 rings (SSSR count). The van der Waals surface area contributed by atoms with Crippen molar-refractivity contribution < 1.29 is 4.79 Å². The normalized spacial score (nSPS) is 17.1. The molecule has 0 aliphatic carbocycles. The molecule has 0 spiro atoms. The van der Waals surface area contributed by atoms with Crippen LogP contribution < -0.4 is 10.6 Å². The molecule has 1 aliphatic heterocycles. The van der Waals surface area contributed by atoms with Gasteiger partial charge in [0.2, 0.25) is 5.91 Å². The molecule has 130 valence electrons. The van der Waals surface area contributed by atoms with Gasteiger partial charge in [-0.15, -0.1) is 12.4 Å². The Labute approximate surface area is 156 Å².